The van der Waals surface area contributed by atoms with E-state index in [-0.39, 0.29) is 6.61 Å². The fraction of sp³-hybridized carbons (Fsp3) is 0.833. The van der Waals surface area contributed by atoms with Gasteiger partial charge in [-0.2, -0.15) is 5.26 Å². The summed E-state index contributed by atoms with van der Waals surface area (Å²) >= 11 is 0. The molecule has 0 saturated heterocycles. The highest BCUT2D eigenvalue weighted by molar-refractivity contribution is 4.66. The van der Waals surface area contributed by atoms with Gasteiger partial charge in [-0.25, -0.2) is 0 Å². The second-order valence-corrected chi connectivity index (χ2v) is 1.56. The molecule has 0 heterocycles. The molecule has 0 bridgehead atoms. The van der Waals surface area contributed by atoms with Gasteiger partial charge >= 0.3 is 0 Å². The van der Waals surface area contributed by atoms with Gasteiger partial charge in [-0.1, -0.05) is 6.92 Å². The molecule has 0 aromatic carbocycles. The number of hydrogen-bond acceptors (Lipinski definition) is 3. The minimum Gasteiger partial charge on any atom is -0.365 e. The molecular weight excluding hydrogens is 116 g/mol. The van der Waals surface area contributed by atoms with Crippen LogP contribution in [0.1, 0.15) is 6.92 Å². The van der Waals surface area contributed by atoms with Crippen molar-refractivity contribution in [1.82, 2.24) is 5.32 Å². The first-order valence-corrected chi connectivity index (χ1v) is 3.07. The monoisotopic (exact) mass is 128 g/mol. The van der Waals surface area contributed by atoms with E-state index in [0.29, 0.717) is 6.61 Å². The van der Waals surface area contributed by atoms with E-state index in [1.165, 1.54) is 0 Å². The van der Waals surface area contributed by atoms with Crippen LogP contribution in [0.4, 0.5) is 0 Å². The molecule has 0 aliphatic heterocycles. The average Bonchev–Trinajstić information content (AvgIpc) is 1.89. The van der Waals surface area contributed by atoms with Crippen LogP contribution in [0.15, 0.2) is 0 Å². The van der Waals surface area contributed by atoms with Crippen molar-refractivity contribution in [2.75, 3.05) is 26.3 Å². The molecule has 0 fully saturated rings. The SMILES string of the molecule is CCNCCOCC#N. The fourth-order valence-electron chi connectivity index (χ4n) is 0.439. The van der Waals surface area contributed by atoms with Gasteiger partial charge in [0.2, 0.25) is 0 Å². The number of nitrogens with one attached hydrogen (secondary N) is 1. The highest BCUT2D eigenvalue weighted by Gasteiger charge is 1.82. The standard InChI is InChI=1S/C6H12N2O/c1-2-8-4-6-9-5-3-7/h8H,2,4-6H2,1H3. The molecule has 0 amide bonds. The molecular formula is C6H12N2O. The molecule has 0 aliphatic carbocycles. The van der Waals surface area contributed by atoms with E-state index in [0.717, 1.165) is 13.1 Å². The molecule has 0 unspecified atom stereocenters. The lowest BCUT2D eigenvalue weighted by atomic mass is 10.6. The number of rotatable bonds is 5. The van der Waals surface area contributed by atoms with E-state index in [4.69, 9.17) is 10.00 Å². The van der Waals surface area contributed by atoms with Crippen molar-refractivity contribution >= 4 is 0 Å². The molecule has 1 N–H and O–H groups in total. The van der Waals surface area contributed by atoms with Gasteiger partial charge in [0.25, 0.3) is 0 Å². The molecule has 0 rings (SSSR count). The number of nitrogens with zero attached hydrogens (tertiary/aromatic N) is 1. The van der Waals surface area contributed by atoms with Gasteiger partial charge in [-0.15, -0.1) is 0 Å². The molecule has 0 spiro atoms. The van der Waals surface area contributed by atoms with Gasteiger partial charge in [-0.3, -0.25) is 0 Å². The summed E-state index contributed by atoms with van der Waals surface area (Å²) in [6.45, 7) is 4.64. The molecule has 0 radical (unpaired) electrons. The Balaban J connectivity index is 2.69. The Morgan fingerprint density at radius 1 is 1.67 bits per heavy atom. The summed E-state index contributed by atoms with van der Waals surface area (Å²) in [5.41, 5.74) is 0. The van der Waals surface area contributed by atoms with Crippen LogP contribution in [0.5, 0.6) is 0 Å². The molecule has 0 aliphatic rings. The third kappa shape index (κ3) is 7.41. The molecule has 9 heavy (non-hydrogen) atoms. The van der Waals surface area contributed by atoms with Gasteiger partial charge < -0.3 is 10.1 Å². The maximum absolute atomic E-state index is 8.03. The van der Waals surface area contributed by atoms with Gasteiger partial charge in [0.05, 0.1) is 12.7 Å². The van der Waals surface area contributed by atoms with Crippen molar-refractivity contribution in [2.24, 2.45) is 0 Å². The van der Waals surface area contributed by atoms with E-state index in [1.54, 1.807) is 0 Å². The van der Waals surface area contributed by atoms with Gasteiger partial charge in [-0.05, 0) is 6.54 Å². The molecule has 0 aromatic heterocycles. The average molecular weight is 128 g/mol. The van der Waals surface area contributed by atoms with Crippen molar-refractivity contribution in [2.45, 2.75) is 6.92 Å². The number of hydrogen-bond donors (Lipinski definition) is 1. The summed E-state index contributed by atoms with van der Waals surface area (Å²) < 4.78 is 4.86. The molecule has 52 valence electrons. The van der Waals surface area contributed by atoms with Gasteiger partial charge in [0, 0.05) is 6.54 Å². The lowest BCUT2D eigenvalue weighted by Crippen LogP contribution is -2.18. The summed E-state index contributed by atoms with van der Waals surface area (Å²) in [6, 6.07) is 1.89. The van der Waals surface area contributed by atoms with E-state index in [1.807, 2.05) is 13.0 Å². The first kappa shape index (κ1) is 8.41. The molecule has 3 nitrogen and oxygen atoms in total. The molecule has 0 aromatic rings. The van der Waals surface area contributed by atoms with E-state index in [2.05, 4.69) is 5.32 Å². The normalized spacial score (nSPS) is 8.89. The van der Waals surface area contributed by atoms with Crippen molar-refractivity contribution < 1.29 is 4.74 Å². The Bertz CT molecular complexity index is 87.5. The first-order chi connectivity index (χ1) is 4.41. The minimum absolute atomic E-state index is 0.200. The quantitative estimate of drug-likeness (QED) is 0.535. The Morgan fingerprint density at radius 2 is 2.44 bits per heavy atom. The van der Waals surface area contributed by atoms with Crippen LogP contribution in [-0.2, 0) is 4.74 Å². The second-order valence-electron chi connectivity index (χ2n) is 1.56. The fourth-order valence-corrected chi connectivity index (χ4v) is 0.439. The summed E-state index contributed by atoms with van der Waals surface area (Å²) in [6.07, 6.45) is 0. The number of likely N-dealkylation sites (N-methyl/N-ethyl adjacent to an activating group) is 1. The van der Waals surface area contributed by atoms with E-state index >= 15 is 0 Å². The Labute approximate surface area is 55.6 Å². The third-order valence-corrected chi connectivity index (χ3v) is 0.840. The summed E-state index contributed by atoms with van der Waals surface area (Å²) in [5, 5.41) is 11.1. The third-order valence-electron chi connectivity index (χ3n) is 0.840. The largest absolute Gasteiger partial charge is 0.365 e. The van der Waals surface area contributed by atoms with Crippen LogP contribution in [0.2, 0.25) is 0 Å². The van der Waals surface area contributed by atoms with Crippen LogP contribution in [0.3, 0.4) is 0 Å². The zero-order chi connectivity index (χ0) is 6.95. The smallest absolute Gasteiger partial charge is 0.133 e. The number of nitriles is 1. The number of ether oxygens (including phenoxy) is 1. The Morgan fingerprint density at radius 3 is 3.00 bits per heavy atom. The van der Waals surface area contributed by atoms with Crippen LogP contribution in [0.25, 0.3) is 0 Å². The maximum Gasteiger partial charge on any atom is 0.133 e. The lowest BCUT2D eigenvalue weighted by Gasteiger charge is -1.98. The van der Waals surface area contributed by atoms with Crippen LogP contribution < -0.4 is 5.32 Å². The van der Waals surface area contributed by atoms with Crippen molar-refractivity contribution in [3.05, 3.63) is 0 Å². The highest BCUT2D eigenvalue weighted by atomic mass is 16.5. The summed E-state index contributed by atoms with van der Waals surface area (Å²) in [4.78, 5) is 0. The first-order valence-electron chi connectivity index (χ1n) is 3.07. The Kier molecular flexibility index (Phi) is 6.92. The molecule has 0 saturated carbocycles. The van der Waals surface area contributed by atoms with Crippen molar-refractivity contribution in [3.63, 3.8) is 0 Å². The molecule has 0 atom stereocenters. The zero-order valence-electron chi connectivity index (χ0n) is 5.68. The van der Waals surface area contributed by atoms with Crippen LogP contribution >= 0.6 is 0 Å². The van der Waals surface area contributed by atoms with Crippen LogP contribution in [-0.4, -0.2) is 26.3 Å². The Hall–Kier alpha value is -0.590. The predicted molar refractivity (Wildman–Crippen MR) is 35.0 cm³/mol. The topological polar surface area (TPSA) is 45.0 Å². The summed E-state index contributed by atoms with van der Waals surface area (Å²) in [7, 11) is 0. The van der Waals surface area contributed by atoms with Crippen LogP contribution in [0, 0.1) is 11.3 Å². The van der Waals surface area contributed by atoms with E-state index in [9.17, 15) is 0 Å². The summed E-state index contributed by atoms with van der Waals surface area (Å²) in [5.74, 6) is 0. The van der Waals surface area contributed by atoms with Gasteiger partial charge in [0.15, 0.2) is 0 Å². The van der Waals surface area contributed by atoms with Crippen molar-refractivity contribution in [3.8, 4) is 6.07 Å². The lowest BCUT2D eigenvalue weighted by molar-refractivity contribution is 0.168. The van der Waals surface area contributed by atoms with E-state index < -0.39 is 0 Å². The highest BCUT2D eigenvalue weighted by Crippen LogP contribution is 1.69. The maximum atomic E-state index is 8.03. The minimum atomic E-state index is 0.200. The van der Waals surface area contributed by atoms with Crippen molar-refractivity contribution in [1.29, 1.82) is 5.26 Å². The second kappa shape index (κ2) is 7.41. The molecule has 3 heteroatoms. The zero-order valence-corrected chi connectivity index (χ0v) is 5.68. The van der Waals surface area contributed by atoms with Gasteiger partial charge in [0.1, 0.15) is 6.61 Å². The predicted octanol–water partition coefficient (Wildman–Crippen LogP) is 0.136.